The lowest BCUT2D eigenvalue weighted by Gasteiger charge is -2.27. The summed E-state index contributed by atoms with van der Waals surface area (Å²) in [6, 6.07) is 8.26. The fourth-order valence-electron chi connectivity index (χ4n) is 2.39. The molecule has 1 aliphatic carbocycles. The summed E-state index contributed by atoms with van der Waals surface area (Å²) >= 11 is 0. The van der Waals surface area contributed by atoms with E-state index in [1.165, 1.54) is 0 Å². The summed E-state index contributed by atoms with van der Waals surface area (Å²) in [4.78, 5) is 0. The van der Waals surface area contributed by atoms with Crippen molar-refractivity contribution in [3.05, 3.63) is 23.8 Å². The van der Waals surface area contributed by atoms with E-state index in [0.717, 1.165) is 36.9 Å². The highest BCUT2D eigenvalue weighted by atomic mass is 16.3. The number of benzene rings is 1. The number of hydrogen-bond donors (Lipinski definition) is 3. The van der Waals surface area contributed by atoms with Crippen molar-refractivity contribution in [2.45, 2.75) is 44.2 Å². The van der Waals surface area contributed by atoms with E-state index in [9.17, 15) is 5.11 Å². The third kappa shape index (κ3) is 3.14. The first-order valence-corrected chi connectivity index (χ1v) is 6.39. The standard InChI is InChI=1S/C14H19N3O/c15-8-7-10-9-12(3-6-14(10)16)17-11-1-4-13(18)5-2-11/h3,6,9,11,13,17-18H,1-2,4-5,7,16H2. The van der Waals surface area contributed by atoms with Crippen molar-refractivity contribution in [3.8, 4) is 6.07 Å². The average molecular weight is 245 g/mol. The lowest BCUT2D eigenvalue weighted by Crippen LogP contribution is -2.28. The molecule has 4 N–H and O–H groups in total. The van der Waals surface area contributed by atoms with Crippen molar-refractivity contribution in [2.75, 3.05) is 11.1 Å². The second kappa shape index (κ2) is 5.74. The van der Waals surface area contributed by atoms with Crippen LogP contribution < -0.4 is 11.1 Å². The Balaban J connectivity index is 2.01. The Morgan fingerprint density at radius 2 is 2.06 bits per heavy atom. The predicted octanol–water partition coefficient (Wildman–Crippen LogP) is 2.05. The first kappa shape index (κ1) is 12.7. The summed E-state index contributed by atoms with van der Waals surface area (Å²) in [5.74, 6) is 0. The van der Waals surface area contributed by atoms with E-state index in [1.54, 1.807) is 0 Å². The third-order valence-electron chi connectivity index (χ3n) is 3.48. The molecule has 96 valence electrons. The molecule has 1 saturated carbocycles. The van der Waals surface area contributed by atoms with Gasteiger partial charge in [0.15, 0.2) is 0 Å². The second-order valence-corrected chi connectivity index (χ2v) is 4.90. The normalized spacial score (nSPS) is 23.3. The van der Waals surface area contributed by atoms with Gasteiger partial charge in [0.05, 0.1) is 18.6 Å². The molecule has 0 spiro atoms. The SMILES string of the molecule is N#CCc1cc(NC2CCC(O)CC2)ccc1N. The first-order valence-electron chi connectivity index (χ1n) is 6.39. The van der Waals surface area contributed by atoms with Crippen LogP contribution in [0.3, 0.4) is 0 Å². The molecule has 1 fully saturated rings. The van der Waals surface area contributed by atoms with Gasteiger partial charge < -0.3 is 16.2 Å². The summed E-state index contributed by atoms with van der Waals surface area (Å²) < 4.78 is 0. The summed E-state index contributed by atoms with van der Waals surface area (Å²) in [7, 11) is 0. The van der Waals surface area contributed by atoms with Crippen LogP contribution in [-0.4, -0.2) is 17.3 Å². The van der Waals surface area contributed by atoms with Gasteiger partial charge in [-0.15, -0.1) is 0 Å². The maximum absolute atomic E-state index is 9.46. The highest BCUT2D eigenvalue weighted by Gasteiger charge is 2.19. The van der Waals surface area contributed by atoms with Crippen LogP contribution >= 0.6 is 0 Å². The van der Waals surface area contributed by atoms with E-state index in [1.807, 2.05) is 18.2 Å². The van der Waals surface area contributed by atoms with Gasteiger partial charge >= 0.3 is 0 Å². The van der Waals surface area contributed by atoms with Crippen molar-refractivity contribution >= 4 is 11.4 Å². The molecule has 0 unspecified atom stereocenters. The Hall–Kier alpha value is -1.73. The van der Waals surface area contributed by atoms with Gasteiger partial charge in [0, 0.05) is 17.4 Å². The highest BCUT2D eigenvalue weighted by Crippen LogP contribution is 2.24. The van der Waals surface area contributed by atoms with E-state index in [0.29, 0.717) is 18.2 Å². The molecule has 0 atom stereocenters. The number of aliphatic hydroxyl groups is 1. The number of nitriles is 1. The van der Waals surface area contributed by atoms with Gasteiger partial charge in [-0.2, -0.15) is 5.26 Å². The third-order valence-corrected chi connectivity index (χ3v) is 3.48. The zero-order chi connectivity index (χ0) is 13.0. The van der Waals surface area contributed by atoms with Gasteiger partial charge in [-0.1, -0.05) is 0 Å². The lowest BCUT2D eigenvalue weighted by molar-refractivity contribution is 0.126. The van der Waals surface area contributed by atoms with Crippen LogP contribution in [0.25, 0.3) is 0 Å². The van der Waals surface area contributed by atoms with Crippen LogP contribution in [0.5, 0.6) is 0 Å². The molecular weight excluding hydrogens is 226 g/mol. The molecule has 2 rings (SSSR count). The number of hydrogen-bond acceptors (Lipinski definition) is 4. The maximum Gasteiger partial charge on any atom is 0.0670 e. The molecule has 4 heteroatoms. The molecule has 0 heterocycles. The van der Waals surface area contributed by atoms with Crippen LogP contribution in [0, 0.1) is 11.3 Å². The van der Waals surface area contributed by atoms with Crippen molar-refractivity contribution in [1.82, 2.24) is 0 Å². The number of aliphatic hydroxyl groups excluding tert-OH is 1. The molecule has 18 heavy (non-hydrogen) atoms. The summed E-state index contributed by atoms with van der Waals surface area (Å²) in [5, 5.41) is 21.6. The van der Waals surface area contributed by atoms with Crippen molar-refractivity contribution in [1.29, 1.82) is 5.26 Å². The van der Waals surface area contributed by atoms with Gasteiger partial charge in [0.2, 0.25) is 0 Å². The van der Waals surface area contributed by atoms with Crippen LogP contribution in [0.4, 0.5) is 11.4 Å². The summed E-state index contributed by atoms with van der Waals surface area (Å²) in [6.07, 6.45) is 3.89. The molecule has 0 bridgehead atoms. The van der Waals surface area contributed by atoms with Gasteiger partial charge in [-0.25, -0.2) is 0 Å². The number of nitrogens with one attached hydrogen (secondary N) is 1. The van der Waals surface area contributed by atoms with Crippen LogP contribution in [0.15, 0.2) is 18.2 Å². The van der Waals surface area contributed by atoms with Crippen molar-refractivity contribution in [2.24, 2.45) is 0 Å². The van der Waals surface area contributed by atoms with Crippen LogP contribution in [0.1, 0.15) is 31.2 Å². The zero-order valence-corrected chi connectivity index (χ0v) is 10.4. The minimum absolute atomic E-state index is 0.136. The zero-order valence-electron chi connectivity index (χ0n) is 10.4. The molecule has 0 aromatic heterocycles. The summed E-state index contributed by atoms with van der Waals surface area (Å²) in [5.41, 5.74) is 8.37. The van der Waals surface area contributed by atoms with Gasteiger partial charge in [-0.3, -0.25) is 0 Å². The Kier molecular flexibility index (Phi) is 4.06. The number of nitrogen functional groups attached to an aromatic ring is 1. The topological polar surface area (TPSA) is 82.1 Å². The van der Waals surface area contributed by atoms with E-state index in [-0.39, 0.29) is 6.10 Å². The minimum Gasteiger partial charge on any atom is -0.398 e. The second-order valence-electron chi connectivity index (χ2n) is 4.90. The van der Waals surface area contributed by atoms with E-state index in [4.69, 9.17) is 11.0 Å². The Labute approximate surface area is 107 Å². The molecule has 0 aliphatic heterocycles. The smallest absolute Gasteiger partial charge is 0.0670 e. The Morgan fingerprint density at radius 3 is 2.72 bits per heavy atom. The lowest BCUT2D eigenvalue weighted by atomic mass is 9.93. The molecule has 0 radical (unpaired) electrons. The Bertz CT molecular complexity index is 445. The fourth-order valence-corrected chi connectivity index (χ4v) is 2.39. The monoisotopic (exact) mass is 245 g/mol. The number of nitrogens with zero attached hydrogens (tertiary/aromatic N) is 1. The number of rotatable bonds is 3. The predicted molar refractivity (Wildman–Crippen MR) is 72.1 cm³/mol. The molecule has 0 saturated heterocycles. The molecule has 4 nitrogen and oxygen atoms in total. The van der Waals surface area contributed by atoms with Crippen molar-refractivity contribution < 1.29 is 5.11 Å². The van der Waals surface area contributed by atoms with Crippen LogP contribution in [-0.2, 0) is 6.42 Å². The van der Waals surface area contributed by atoms with Crippen LogP contribution in [0.2, 0.25) is 0 Å². The molecule has 1 aromatic carbocycles. The molecule has 1 aromatic rings. The fraction of sp³-hybridized carbons (Fsp3) is 0.500. The quantitative estimate of drug-likeness (QED) is 0.712. The van der Waals surface area contributed by atoms with E-state index < -0.39 is 0 Å². The first-order chi connectivity index (χ1) is 8.69. The molecule has 1 aliphatic rings. The Morgan fingerprint density at radius 1 is 1.33 bits per heavy atom. The highest BCUT2D eigenvalue weighted by molar-refractivity contribution is 5.58. The average Bonchev–Trinajstić information content (AvgIpc) is 2.37. The van der Waals surface area contributed by atoms with Gasteiger partial charge in [0.25, 0.3) is 0 Å². The minimum atomic E-state index is -0.136. The molecule has 0 amide bonds. The van der Waals surface area contributed by atoms with E-state index in [2.05, 4.69) is 11.4 Å². The number of nitrogens with two attached hydrogens (primary N) is 1. The van der Waals surface area contributed by atoms with Gasteiger partial charge in [0.1, 0.15) is 0 Å². The summed E-state index contributed by atoms with van der Waals surface area (Å²) in [6.45, 7) is 0. The number of anilines is 2. The van der Waals surface area contributed by atoms with Crippen molar-refractivity contribution in [3.63, 3.8) is 0 Å². The molecular formula is C14H19N3O. The van der Waals surface area contributed by atoms with Gasteiger partial charge in [-0.05, 0) is 49.4 Å². The largest absolute Gasteiger partial charge is 0.398 e. The van der Waals surface area contributed by atoms with E-state index >= 15 is 0 Å². The maximum atomic E-state index is 9.46.